The Kier molecular flexibility index (Phi) is 4.88. The van der Waals surface area contributed by atoms with Gasteiger partial charge in [0, 0.05) is 6.07 Å². The average Bonchev–Trinajstić information content (AvgIpc) is 2.54. The molecule has 134 valence electrons. The molecule has 11 heteroatoms. The molecule has 0 heterocycles. The van der Waals surface area contributed by atoms with Gasteiger partial charge in [-0.15, -0.1) is 0 Å². The number of halogens is 3. The third kappa shape index (κ3) is 3.99. The van der Waals surface area contributed by atoms with Crippen LogP contribution in [0.3, 0.4) is 0 Å². The predicted molar refractivity (Wildman–Crippen MR) is 81.9 cm³/mol. The van der Waals surface area contributed by atoms with E-state index in [0.717, 1.165) is 31.4 Å². The summed E-state index contributed by atoms with van der Waals surface area (Å²) in [5.74, 6) is -0.124. The van der Waals surface area contributed by atoms with E-state index in [0.29, 0.717) is 6.07 Å². The number of nitro groups is 1. The third-order valence-corrected chi connectivity index (χ3v) is 4.54. The van der Waals surface area contributed by atoms with Crippen LogP contribution in [0.15, 0.2) is 47.4 Å². The van der Waals surface area contributed by atoms with E-state index in [4.69, 9.17) is 4.74 Å². The van der Waals surface area contributed by atoms with Crippen molar-refractivity contribution < 1.29 is 31.2 Å². The number of sulfonamides is 1. The molecule has 0 saturated carbocycles. The quantitative estimate of drug-likeness (QED) is 0.637. The second-order valence-corrected chi connectivity index (χ2v) is 6.39. The molecule has 0 spiro atoms. The van der Waals surface area contributed by atoms with Crippen LogP contribution in [0.2, 0.25) is 0 Å². The Labute approximate surface area is 140 Å². The van der Waals surface area contributed by atoms with Gasteiger partial charge in [-0.05, 0) is 24.3 Å². The molecular weight excluding hydrogens is 365 g/mol. The lowest BCUT2D eigenvalue weighted by Crippen LogP contribution is -2.18. The van der Waals surface area contributed by atoms with Crippen LogP contribution in [0.25, 0.3) is 0 Å². The van der Waals surface area contributed by atoms with E-state index in [2.05, 4.69) is 0 Å². The monoisotopic (exact) mass is 376 g/mol. The largest absolute Gasteiger partial charge is 0.497 e. The third-order valence-electron chi connectivity index (χ3n) is 3.13. The molecule has 0 aliphatic carbocycles. The molecule has 0 amide bonds. The van der Waals surface area contributed by atoms with Crippen molar-refractivity contribution in [2.75, 3.05) is 11.8 Å². The Morgan fingerprint density at radius 1 is 1.16 bits per heavy atom. The van der Waals surface area contributed by atoms with Gasteiger partial charge in [-0.1, -0.05) is 12.1 Å². The fourth-order valence-corrected chi connectivity index (χ4v) is 3.26. The molecule has 2 rings (SSSR count). The fourth-order valence-electron chi connectivity index (χ4n) is 2.01. The molecule has 0 fully saturated rings. The summed E-state index contributed by atoms with van der Waals surface area (Å²) in [5.41, 5.74) is -2.81. The van der Waals surface area contributed by atoms with E-state index in [1.54, 1.807) is 4.72 Å². The van der Waals surface area contributed by atoms with Crippen molar-refractivity contribution in [1.82, 2.24) is 0 Å². The molecule has 0 unspecified atom stereocenters. The summed E-state index contributed by atoms with van der Waals surface area (Å²) in [5, 5.41) is 10.9. The minimum Gasteiger partial charge on any atom is -0.497 e. The molecule has 1 N–H and O–H groups in total. The molecule has 0 bridgehead atoms. The van der Waals surface area contributed by atoms with Gasteiger partial charge in [-0.3, -0.25) is 14.8 Å². The highest BCUT2D eigenvalue weighted by Gasteiger charge is 2.36. The number of benzene rings is 2. The van der Waals surface area contributed by atoms with Crippen LogP contribution in [-0.4, -0.2) is 20.5 Å². The van der Waals surface area contributed by atoms with Crippen LogP contribution >= 0.6 is 0 Å². The highest BCUT2D eigenvalue weighted by atomic mass is 32.2. The van der Waals surface area contributed by atoms with Gasteiger partial charge in [-0.2, -0.15) is 13.2 Å². The summed E-state index contributed by atoms with van der Waals surface area (Å²) in [6.07, 6.45) is -4.87. The number of anilines is 1. The highest BCUT2D eigenvalue weighted by molar-refractivity contribution is 7.92. The van der Waals surface area contributed by atoms with Crippen LogP contribution < -0.4 is 9.46 Å². The summed E-state index contributed by atoms with van der Waals surface area (Å²) >= 11 is 0. The standard InChI is InChI=1S/C14H11F3N2O5S/c1-24-9-6-7-11(10(8-9)14(15,16)17)18-25(22,23)13-5-3-2-4-12(13)19(20)21/h2-8,18H,1H3. The maximum Gasteiger partial charge on any atom is 0.418 e. The van der Waals surface area contributed by atoms with Crippen molar-refractivity contribution >= 4 is 21.4 Å². The first-order valence-corrected chi connectivity index (χ1v) is 8.06. The molecule has 0 aliphatic rings. The fraction of sp³-hybridized carbons (Fsp3) is 0.143. The second kappa shape index (κ2) is 6.59. The molecule has 0 atom stereocenters. The number of nitro benzene ring substituents is 1. The number of nitrogens with zero attached hydrogens (tertiary/aromatic N) is 1. The Morgan fingerprint density at radius 3 is 2.36 bits per heavy atom. The van der Waals surface area contributed by atoms with Gasteiger partial charge in [0.2, 0.25) is 0 Å². The first kappa shape index (κ1) is 18.5. The van der Waals surface area contributed by atoms with Gasteiger partial charge in [-0.25, -0.2) is 8.42 Å². The Hall–Kier alpha value is -2.82. The average molecular weight is 376 g/mol. The molecule has 25 heavy (non-hydrogen) atoms. The van der Waals surface area contributed by atoms with Gasteiger partial charge >= 0.3 is 6.18 Å². The number of alkyl halides is 3. The molecule has 2 aromatic carbocycles. The SMILES string of the molecule is COc1ccc(NS(=O)(=O)c2ccccc2[N+](=O)[O-])c(C(F)(F)F)c1. The van der Waals surface area contributed by atoms with Crippen LogP contribution in [0.4, 0.5) is 24.5 Å². The van der Waals surface area contributed by atoms with Gasteiger partial charge in [0.15, 0.2) is 4.90 Å². The van der Waals surface area contributed by atoms with E-state index in [1.165, 1.54) is 12.1 Å². The van der Waals surface area contributed by atoms with Crippen LogP contribution in [0.1, 0.15) is 5.56 Å². The van der Waals surface area contributed by atoms with Crippen LogP contribution in [0, 0.1) is 10.1 Å². The normalized spacial score (nSPS) is 11.8. The number of para-hydroxylation sites is 1. The zero-order chi connectivity index (χ0) is 18.8. The number of rotatable bonds is 5. The molecular formula is C14H11F3N2O5S. The van der Waals surface area contributed by atoms with E-state index in [-0.39, 0.29) is 5.75 Å². The predicted octanol–water partition coefficient (Wildman–Crippen LogP) is 3.42. The molecule has 7 nitrogen and oxygen atoms in total. The zero-order valence-corrected chi connectivity index (χ0v) is 13.4. The van der Waals surface area contributed by atoms with Crippen molar-refractivity contribution in [2.24, 2.45) is 0 Å². The second-order valence-electron chi connectivity index (χ2n) is 4.74. The number of hydrogen-bond donors (Lipinski definition) is 1. The summed E-state index contributed by atoms with van der Waals surface area (Å²) in [6.45, 7) is 0. The maximum atomic E-state index is 13.2. The Bertz CT molecular complexity index is 913. The number of nitrogens with one attached hydrogen (secondary N) is 1. The molecule has 0 saturated heterocycles. The minimum absolute atomic E-state index is 0.124. The van der Waals surface area contributed by atoms with Crippen molar-refractivity contribution in [3.63, 3.8) is 0 Å². The first-order chi connectivity index (χ1) is 11.6. The molecule has 0 radical (unpaired) electrons. The van der Waals surface area contributed by atoms with Gasteiger partial charge < -0.3 is 4.74 Å². The number of methoxy groups -OCH3 is 1. The Balaban J connectivity index is 2.54. The number of ether oxygens (including phenoxy) is 1. The van der Waals surface area contributed by atoms with E-state index < -0.39 is 43.0 Å². The maximum absolute atomic E-state index is 13.2. The van der Waals surface area contributed by atoms with Gasteiger partial charge in [0.1, 0.15) is 5.75 Å². The Morgan fingerprint density at radius 2 is 1.80 bits per heavy atom. The van der Waals surface area contributed by atoms with Gasteiger partial charge in [0.25, 0.3) is 15.7 Å². The summed E-state index contributed by atoms with van der Waals surface area (Å²) < 4.78 is 70.6. The smallest absolute Gasteiger partial charge is 0.418 e. The molecule has 0 aliphatic heterocycles. The minimum atomic E-state index is -4.87. The lowest BCUT2D eigenvalue weighted by Gasteiger charge is -2.16. The van der Waals surface area contributed by atoms with Crippen molar-refractivity contribution in [1.29, 1.82) is 0 Å². The van der Waals surface area contributed by atoms with Crippen LogP contribution in [-0.2, 0) is 16.2 Å². The molecule has 0 aromatic heterocycles. The lowest BCUT2D eigenvalue weighted by atomic mass is 10.1. The van der Waals surface area contributed by atoms with Crippen molar-refractivity contribution in [2.45, 2.75) is 11.1 Å². The molecule has 2 aromatic rings. The summed E-state index contributed by atoms with van der Waals surface area (Å²) in [7, 11) is -3.46. The zero-order valence-electron chi connectivity index (χ0n) is 12.6. The lowest BCUT2D eigenvalue weighted by molar-refractivity contribution is -0.387. The number of hydrogen-bond acceptors (Lipinski definition) is 5. The van der Waals surface area contributed by atoms with E-state index in [9.17, 15) is 31.7 Å². The van der Waals surface area contributed by atoms with E-state index >= 15 is 0 Å². The summed E-state index contributed by atoms with van der Waals surface area (Å²) in [4.78, 5) is 9.26. The topological polar surface area (TPSA) is 98.5 Å². The first-order valence-electron chi connectivity index (χ1n) is 6.58. The summed E-state index contributed by atoms with van der Waals surface area (Å²) in [6, 6.07) is 6.95. The van der Waals surface area contributed by atoms with E-state index in [1.807, 2.05) is 0 Å². The van der Waals surface area contributed by atoms with Crippen molar-refractivity contribution in [3.8, 4) is 5.75 Å². The van der Waals surface area contributed by atoms with Crippen LogP contribution in [0.5, 0.6) is 5.75 Å². The van der Waals surface area contributed by atoms with Gasteiger partial charge in [0.05, 0.1) is 23.3 Å². The highest BCUT2D eigenvalue weighted by Crippen LogP contribution is 2.38. The van der Waals surface area contributed by atoms with Crippen molar-refractivity contribution in [3.05, 3.63) is 58.1 Å².